The second-order valence-electron chi connectivity index (χ2n) is 3.30. The predicted octanol–water partition coefficient (Wildman–Crippen LogP) is 1.36. The van der Waals surface area contributed by atoms with Crippen LogP contribution >= 0.6 is 0 Å². The quantitative estimate of drug-likeness (QED) is 0.607. The SMILES string of the molecule is CNCCCC(=O)C1CCC1. The van der Waals surface area contributed by atoms with Crippen LogP contribution in [0.3, 0.4) is 0 Å². The van der Waals surface area contributed by atoms with Crippen LogP contribution in [0.15, 0.2) is 0 Å². The number of carbonyl (C=O) groups excluding carboxylic acids is 1. The molecule has 0 amide bonds. The number of hydrogen-bond donors (Lipinski definition) is 1. The molecule has 0 spiro atoms. The lowest BCUT2D eigenvalue weighted by molar-refractivity contribution is -0.125. The van der Waals surface area contributed by atoms with Crippen molar-refractivity contribution in [3.8, 4) is 0 Å². The maximum atomic E-state index is 11.3. The van der Waals surface area contributed by atoms with E-state index in [9.17, 15) is 4.79 Å². The first-order valence-electron chi connectivity index (χ1n) is 4.52. The van der Waals surface area contributed by atoms with Gasteiger partial charge in [0.1, 0.15) is 5.78 Å². The molecule has 11 heavy (non-hydrogen) atoms. The topological polar surface area (TPSA) is 29.1 Å². The molecule has 1 saturated carbocycles. The van der Waals surface area contributed by atoms with Gasteiger partial charge >= 0.3 is 0 Å². The highest BCUT2D eigenvalue weighted by molar-refractivity contribution is 5.81. The van der Waals surface area contributed by atoms with Gasteiger partial charge in [0.15, 0.2) is 0 Å². The first-order valence-corrected chi connectivity index (χ1v) is 4.52. The highest BCUT2D eigenvalue weighted by Gasteiger charge is 2.23. The molecule has 1 aliphatic carbocycles. The molecule has 64 valence electrons. The van der Waals surface area contributed by atoms with Crippen molar-refractivity contribution in [2.75, 3.05) is 13.6 Å². The van der Waals surface area contributed by atoms with Crippen LogP contribution in [-0.4, -0.2) is 19.4 Å². The van der Waals surface area contributed by atoms with Crippen molar-refractivity contribution in [2.24, 2.45) is 5.92 Å². The average Bonchev–Trinajstić information content (AvgIpc) is 1.84. The molecule has 0 unspecified atom stereocenters. The number of Topliss-reactive ketones (excluding diaryl/α,β-unsaturated/α-hetero) is 1. The summed E-state index contributed by atoms with van der Waals surface area (Å²) in [6.07, 6.45) is 5.36. The Morgan fingerprint density at radius 1 is 1.55 bits per heavy atom. The van der Waals surface area contributed by atoms with Gasteiger partial charge in [-0.3, -0.25) is 4.79 Å². The second kappa shape index (κ2) is 4.50. The molecule has 2 heteroatoms. The maximum Gasteiger partial charge on any atom is 0.136 e. The highest BCUT2D eigenvalue weighted by Crippen LogP contribution is 2.28. The fourth-order valence-electron chi connectivity index (χ4n) is 1.37. The monoisotopic (exact) mass is 155 g/mol. The molecule has 0 bridgehead atoms. The van der Waals surface area contributed by atoms with E-state index in [-0.39, 0.29) is 0 Å². The van der Waals surface area contributed by atoms with Gasteiger partial charge in [0.05, 0.1) is 0 Å². The molecule has 0 atom stereocenters. The van der Waals surface area contributed by atoms with Crippen LogP contribution in [0.2, 0.25) is 0 Å². The van der Waals surface area contributed by atoms with Gasteiger partial charge in [-0.1, -0.05) is 6.42 Å². The molecular formula is C9H17NO. The van der Waals surface area contributed by atoms with Crippen molar-refractivity contribution in [2.45, 2.75) is 32.1 Å². The van der Waals surface area contributed by atoms with Crippen LogP contribution in [-0.2, 0) is 4.79 Å². The summed E-state index contributed by atoms with van der Waals surface area (Å²) in [5, 5.41) is 3.05. The van der Waals surface area contributed by atoms with Crippen molar-refractivity contribution >= 4 is 5.78 Å². The van der Waals surface area contributed by atoms with Gasteiger partial charge in [-0.25, -0.2) is 0 Å². The van der Waals surface area contributed by atoms with Gasteiger partial charge in [0, 0.05) is 12.3 Å². The van der Waals surface area contributed by atoms with Crippen molar-refractivity contribution in [1.29, 1.82) is 0 Å². The number of hydrogen-bond acceptors (Lipinski definition) is 2. The van der Waals surface area contributed by atoms with Crippen LogP contribution in [0.4, 0.5) is 0 Å². The zero-order valence-corrected chi connectivity index (χ0v) is 7.23. The minimum absolute atomic E-state index is 0.437. The summed E-state index contributed by atoms with van der Waals surface area (Å²) >= 11 is 0. The summed E-state index contributed by atoms with van der Waals surface area (Å²) in [5.41, 5.74) is 0. The van der Waals surface area contributed by atoms with Gasteiger partial charge in [-0.2, -0.15) is 0 Å². The maximum absolute atomic E-state index is 11.3. The molecular weight excluding hydrogens is 138 g/mol. The third kappa shape index (κ3) is 2.62. The summed E-state index contributed by atoms with van der Waals surface area (Å²) in [6.45, 7) is 0.971. The number of nitrogens with one attached hydrogen (secondary N) is 1. The van der Waals surface area contributed by atoms with Crippen LogP contribution in [0.25, 0.3) is 0 Å². The van der Waals surface area contributed by atoms with Gasteiger partial charge in [0.25, 0.3) is 0 Å². The Bertz CT molecular complexity index is 130. The molecule has 0 aromatic carbocycles. The number of carbonyl (C=O) groups is 1. The molecule has 2 nitrogen and oxygen atoms in total. The Labute approximate surface area is 68.4 Å². The van der Waals surface area contributed by atoms with E-state index < -0.39 is 0 Å². The Morgan fingerprint density at radius 2 is 2.27 bits per heavy atom. The summed E-state index contributed by atoms with van der Waals surface area (Å²) in [5.74, 6) is 0.929. The van der Waals surface area contributed by atoms with E-state index >= 15 is 0 Å². The number of rotatable bonds is 5. The molecule has 1 rings (SSSR count). The molecule has 0 aliphatic heterocycles. The average molecular weight is 155 g/mol. The summed E-state index contributed by atoms with van der Waals surface area (Å²) in [6, 6.07) is 0. The van der Waals surface area contributed by atoms with E-state index in [0.29, 0.717) is 11.7 Å². The zero-order valence-electron chi connectivity index (χ0n) is 7.23. The van der Waals surface area contributed by atoms with Crippen LogP contribution in [0.5, 0.6) is 0 Å². The Balaban J connectivity index is 2.01. The first-order chi connectivity index (χ1) is 5.34. The highest BCUT2D eigenvalue weighted by atomic mass is 16.1. The minimum atomic E-state index is 0.437. The van der Waals surface area contributed by atoms with Gasteiger partial charge in [-0.15, -0.1) is 0 Å². The molecule has 0 radical (unpaired) electrons. The van der Waals surface area contributed by atoms with E-state index in [0.717, 1.165) is 32.2 Å². The molecule has 1 aliphatic rings. The lowest BCUT2D eigenvalue weighted by Crippen LogP contribution is -2.22. The lowest BCUT2D eigenvalue weighted by atomic mass is 9.81. The molecule has 0 aromatic rings. The van der Waals surface area contributed by atoms with Gasteiger partial charge in [0.2, 0.25) is 0 Å². The number of ketones is 1. The smallest absolute Gasteiger partial charge is 0.136 e. The normalized spacial score (nSPS) is 17.9. The largest absolute Gasteiger partial charge is 0.320 e. The van der Waals surface area contributed by atoms with E-state index in [1.807, 2.05) is 7.05 Å². The summed E-state index contributed by atoms with van der Waals surface area (Å²) in [4.78, 5) is 11.3. The Morgan fingerprint density at radius 3 is 2.73 bits per heavy atom. The molecule has 0 saturated heterocycles. The van der Waals surface area contributed by atoms with E-state index in [1.54, 1.807) is 0 Å². The van der Waals surface area contributed by atoms with Gasteiger partial charge < -0.3 is 5.32 Å². The van der Waals surface area contributed by atoms with Crippen LogP contribution < -0.4 is 5.32 Å². The Kier molecular flexibility index (Phi) is 3.57. The lowest BCUT2D eigenvalue weighted by Gasteiger charge is -2.23. The summed E-state index contributed by atoms with van der Waals surface area (Å²) < 4.78 is 0. The van der Waals surface area contributed by atoms with Crippen molar-refractivity contribution in [1.82, 2.24) is 5.32 Å². The van der Waals surface area contributed by atoms with Gasteiger partial charge in [-0.05, 0) is 32.9 Å². The summed E-state index contributed by atoms with van der Waals surface area (Å²) in [7, 11) is 1.92. The standard InChI is InChI=1S/C9H17NO/c1-10-7-3-6-9(11)8-4-2-5-8/h8,10H,2-7H2,1H3. The van der Waals surface area contributed by atoms with E-state index in [1.165, 1.54) is 6.42 Å². The van der Waals surface area contributed by atoms with Crippen LogP contribution in [0, 0.1) is 5.92 Å². The van der Waals surface area contributed by atoms with E-state index in [2.05, 4.69) is 5.32 Å². The second-order valence-corrected chi connectivity index (χ2v) is 3.30. The van der Waals surface area contributed by atoms with Crippen molar-refractivity contribution in [3.05, 3.63) is 0 Å². The van der Waals surface area contributed by atoms with Crippen LogP contribution in [0.1, 0.15) is 32.1 Å². The molecule has 0 aromatic heterocycles. The molecule has 1 fully saturated rings. The fraction of sp³-hybridized carbons (Fsp3) is 0.889. The third-order valence-electron chi connectivity index (χ3n) is 2.41. The van der Waals surface area contributed by atoms with Crippen molar-refractivity contribution < 1.29 is 4.79 Å². The minimum Gasteiger partial charge on any atom is -0.320 e. The zero-order chi connectivity index (χ0) is 8.10. The first kappa shape index (κ1) is 8.72. The van der Waals surface area contributed by atoms with Crippen molar-refractivity contribution in [3.63, 3.8) is 0 Å². The van der Waals surface area contributed by atoms with E-state index in [4.69, 9.17) is 0 Å². The predicted molar refractivity (Wildman–Crippen MR) is 45.5 cm³/mol. The molecule has 0 heterocycles. The molecule has 1 N–H and O–H groups in total. The third-order valence-corrected chi connectivity index (χ3v) is 2.41. The Hall–Kier alpha value is -0.370. The fourth-order valence-corrected chi connectivity index (χ4v) is 1.37.